The molecule has 0 aliphatic heterocycles. The van der Waals surface area contributed by atoms with Gasteiger partial charge < -0.3 is 10.2 Å². The zero-order valence-electron chi connectivity index (χ0n) is 12.1. The molecule has 4 aliphatic rings. The van der Waals surface area contributed by atoms with E-state index in [9.17, 15) is 10.2 Å². The topological polar surface area (TPSA) is 40.5 Å². The van der Waals surface area contributed by atoms with E-state index >= 15 is 0 Å². The molecule has 4 aliphatic carbocycles. The highest BCUT2D eigenvalue weighted by Crippen LogP contribution is 2.66. The van der Waals surface area contributed by atoms with Crippen LogP contribution in [-0.2, 0) is 0 Å². The molecule has 2 nitrogen and oxygen atoms in total. The minimum absolute atomic E-state index is 0.00521. The van der Waals surface area contributed by atoms with Crippen LogP contribution in [0.3, 0.4) is 0 Å². The summed E-state index contributed by atoms with van der Waals surface area (Å²) in [5.41, 5.74) is -1.05. The second kappa shape index (κ2) is 3.73. The molecule has 2 N–H and O–H groups in total. The Balaban J connectivity index is 2.00. The fraction of sp³-hybridized carbons (Fsp3) is 1.00. The lowest BCUT2D eigenvalue weighted by Crippen LogP contribution is -2.65. The molecular formula is C16H28O2. The Bertz CT molecular complexity index is 335. The number of hydrogen-bond donors (Lipinski definition) is 2. The molecule has 3 unspecified atom stereocenters. The predicted molar refractivity (Wildman–Crippen MR) is 72.1 cm³/mol. The van der Waals surface area contributed by atoms with Crippen molar-refractivity contribution in [3.05, 3.63) is 0 Å². The van der Waals surface area contributed by atoms with Crippen molar-refractivity contribution in [3.63, 3.8) is 0 Å². The van der Waals surface area contributed by atoms with Gasteiger partial charge in [-0.25, -0.2) is 0 Å². The van der Waals surface area contributed by atoms with Crippen LogP contribution < -0.4 is 0 Å². The summed E-state index contributed by atoms with van der Waals surface area (Å²) in [6, 6.07) is 0. The van der Waals surface area contributed by atoms with Gasteiger partial charge >= 0.3 is 0 Å². The summed E-state index contributed by atoms with van der Waals surface area (Å²) in [7, 11) is 0. The average molecular weight is 252 g/mol. The SMILES string of the molecule is CCC(O)(C(C)C)C12CC3CC(CC(O)(C3)C1)C2. The second-order valence-corrected chi connectivity index (χ2v) is 7.90. The van der Waals surface area contributed by atoms with Crippen LogP contribution in [-0.4, -0.2) is 21.4 Å². The first-order chi connectivity index (χ1) is 8.32. The normalized spacial score (nSPS) is 49.7. The van der Waals surface area contributed by atoms with Crippen LogP contribution in [0.1, 0.15) is 65.7 Å². The molecule has 3 atom stereocenters. The third kappa shape index (κ3) is 1.54. The third-order valence-corrected chi connectivity index (χ3v) is 6.44. The van der Waals surface area contributed by atoms with Crippen LogP contribution in [0.5, 0.6) is 0 Å². The average Bonchev–Trinajstić information content (AvgIpc) is 2.23. The largest absolute Gasteiger partial charge is 0.390 e. The van der Waals surface area contributed by atoms with Crippen molar-refractivity contribution in [2.75, 3.05) is 0 Å². The Morgan fingerprint density at radius 3 is 2.11 bits per heavy atom. The summed E-state index contributed by atoms with van der Waals surface area (Å²) in [5.74, 6) is 1.60. The van der Waals surface area contributed by atoms with Crippen molar-refractivity contribution in [3.8, 4) is 0 Å². The number of aliphatic hydroxyl groups is 2. The Labute approximate surface area is 111 Å². The maximum Gasteiger partial charge on any atom is 0.0725 e. The van der Waals surface area contributed by atoms with Crippen LogP contribution in [0.2, 0.25) is 0 Å². The molecule has 0 radical (unpaired) electrons. The van der Waals surface area contributed by atoms with Gasteiger partial charge in [-0.05, 0) is 62.7 Å². The van der Waals surface area contributed by atoms with Crippen LogP contribution >= 0.6 is 0 Å². The molecule has 0 aromatic heterocycles. The van der Waals surface area contributed by atoms with Gasteiger partial charge in [0.05, 0.1) is 11.2 Å². The summed E-state index contributed by atoms with van der Waals surface area (Å²) < 4.78 is 0. The predicted octanol–water partition coefficient (Wildman–Crippen LogP) is 3.11. The highest BCUT2D eigenvalue weighted by atomic mass is 16.3. The van der Waals surface area contributed by atoms with Crippen LogP contribution in [0.25, 0.3) is 0 Å². The number of rotatable bonds is 3. The summed E-state index contributed by atoms with van der Waals surface area (Å²) in [6.45, 7) is 6.40. The molecular weight excluding hydrogens is 224 g/mol. The zero-order valence-corrected chi connectivity index (χ0v) is 12.1. The van der Waals surface area contributed by atoms with Gasteiger partial charge in [0.1, 0.15) is 0 Å². The van der Waals surface area contributed by atoms with E-state index in [1.165, 1.54) is 6.42 Å². The van der Waals surface area contributed by atoms with E-state index in [4.69, 9.17) is 0 Å². The smallest absolute Gasteiger partial charge is 0.0725 e. The molecule has 0 spiro atoms. The zero-order chi connectivity index (χ0) is 13.2. The van der Waals surface area contributed by atoms with Crippen molar-refractivity contribution in [1.82, 2.24) is 0 Å². The van der Waals surface area contributed by atoms with Crippen molar-refractivity contribution < 1.29 is 10.2 Å². The molecule has 0 amide bonds. The van der Waals surface area contributed by atoms with Gasteiger partial charge in [0, 0.05) is 5.41 Å². The summed E-state index contributed by atoms with van der Waals surface area (Å²) >= 11 is 0. The molecule has 4 rings (SSSR count). The van der Waals surface area contributed by atoms with E-state index < -0.39 is 11.2 Å². The lowest BCUT2D eigenvalue weighted by atomic mass is 9.42. The Morgan fingerprint density at radius 2 is 1.72 bits per heavy atom. The molecule has 0 aromatic carbocycles. The maximum atomic E-state index is 11.3. The number of hydrogen-bond acceptors (Lipinski definition) is 2. The molecule has 4 fully saturated rings. The van der Waals surface area contributed by atoms with Gasteiger partial charge in [-0.1, -0.05) is 20.8 Å². The Morgan fingerprint density at radius 1 is 1.17 bits per heavy atom. The highest BCUT2D eigenvalue weighted by molar-refractivity contribution is 5.15. The molecule has 4 saturated carbocycles. The second-order valence-electron chi connectivity index (χ2n) is 7.90. The molecule has 4 bridgehead atoms. The van der Waals surface area contributed by atoms with Crippen molar-refractivity contribution >= 4 is 0 Å². The van der Waals surface area contributed by atoms with E-state index in [2.05, 4.69) is 20.8 Å². The minimum Gasteiger partial charge on any atom is -0.390 e. The van der Waals surface area contributed by atoms with Gasteiger partial charge in [0.15, 0.2) is 0 Å². The third-order valence-electron chi connectivity index (χ3n) is 6.44. The maximum absolute atomic E-state index is 11.3. The van der Waals surface area contributed by atoms with Crippen LogP contribution in [0.15, 0.2) is 0 Å². The van der Waals surface area contributed by atoms with E-state index in [1.807, 2.05) is 0 Å². The van der Waals surface area contributed by atoms with E-state index in [0.29, 0.717) is 11.8 Å². The lowest BCUT2D eigenvalue weighted by molar-refractivity contribution is -0.242. The molecule has 0 heterocycles. The summed E-state index contributed by atoms with van der Waals surface area (Å²) in [6.07, 6.45) is 7.23. The first kappa shape index (κ1) is 12.9. The quantitative estimate of drug-likeness (QED) is 0.810. The Kier molecular flexibility index (Phi) is 2.68. The molecule has 18 heavy (non-hydrogen) atoms. The van der Waals surface area contributed by atoms with E-state index in [1.54, 1.807) is 0 Å². The lowest BCUT2D eigenvalue weighted by Gasteiger charge is -2.65. The first-order valence-electron chi connectivity index (χ1n) is 7.77. The monoisotopic (exact) mass is 252 g/mol. The van der Waals surface area contributed by atoms with Crippen LogP contribution in [0.4, 0.5) is 0 Å². The van der Waals surface area contributed by atoms with Gasteiger partial charge in [-0.2, -0.15) is 0 Å². The summed E-state index contributed by atoms with van der Waals surface area (Å²) in [5, 5.41) is 22.1. The first-order valence-corrected chi connectivity index (χ1v) is 7.77. The Hall–Kier alpha value is -0.0800. The molecule has 0 saturated heterocycles. The van der Waals surface area contributed by atoms with Gasteiger partial charge in [0.2, 0.25) is 0 Å². The molecule has 2 heteroatoms. The highest BCUT2D eigenvalue weighted by Gasteiger charge is 2.64. The van der Waals surface area contributed by atoms with Crippen molar-refractivity contribution in [2.45, 2.75) is 76.9 Å². The molecule has 0 aromatic rings. The van der Waals surface area contributed by atoms with Crippen LogP contribution in [0, 0.1) is 23.2 Å². The summed E-state index contributed by atoms with van der Waals surface area (Å²) in [4.78, 5) is 0. The van der Waals surface area contributed by atoms with Gasteiger partial charge in [-0.15, -0.1) is 0 Å². The van der Waals surface area contributed by atoms with Crippen molar-refractivity contribution in [1.29, 1.82) is 0 Å². The van der Waals surface area contributed by atoms with Gasteiger partial charge in [0.25, 0.3) is 0 Å². The standard InChI is InChI=1S/C16H28O2/c1-4-16(18,11(2)3)14-6-12-5-13(7-14)9-15(17,8-12)10-14/h11-13,17-18H,4-10H2,1-3H3. The van der Waals surface area contributed by atoms with Gasteiger partial charge in [-0.3, -0.25) is 0 Å². The van der Waals surface area contributed by atoms with E-state index in [-0.39, 0.29) is 11.3 Å². The molecule has 104 valence electrons. The fourth-order valence-electron chi connectivity index (χ4n) is 6.12. The fourth-order valence-corrected chi connectivity index (χ4v) is 6.12. The van der Waals surface area contributed by atoms with Crippen molar-refractivity contribution in [2.24, 2.45) is 23.2 Å². The minimum atomic E-state index is -0.585. The van der Waals surface area contributed by atoms with E-state index in [0.717, 1.165) is 38.5 Å².